The number of carbonyl (C=O) groups excluding carboxylic acids is 1. The van der Waals surface area contributed by atoms with E-state index in [0.717, 1.165) is 4.90 Å². The molecule has 0 radical (unpaired) electrons. The number of hydrogen-bond acceptors (Lipinski definition) is 3. The summed E-state index contributed by atoms with van der Waals surface area (Å²) >= 11 is 7.43. The lowest BCUT2D eigenvalue weighted by Gasteiger charge is -2.11. The van der Waals surface area contributed by atoms with Crippen molar-refractivity contribution in [2.45, 2.75) is 11.8 Å². The molecule has 0 heterocycles. The smallest absolute Gasteiger partial charge is 0.337 e. The number of Topliss-reactive ketones (excluding diaryl/α,β-unsaturated/α-hetero) is 1. The molecule has 0 atom stereocenters. The predicted molar refractivity (Wildman–Crippen MR) is 94.8 cm³/mol. The number of hydrogen-bond donors (Lipinski definition) is 1. The van der Waals surface area contributed by atoms with Gasteiger partial charge in [0.05, 0.1) is 5.57 Å². The number of aliphatic carboxylic acids is 1. The summed E-state index contributed by atoms with van der Waals surface area (Å²) in [7, 11) is 0. The van der Waals surface area contributed by atoms with E-state index >= 15 is 0 Å². The van der Waals surface area contributed by atoms with Crippen molar-refractivity contribution in [1.82, 2.24) is 0 Å². The van der Waals surface area contributed by atoms with Crippen molar-refractivity contribution in [2.24, 2.45) is 0 Å². The van der Waals surface area contributed by atoms with Gasteiger partial charge in [-0.25, -0.2) is 4.79 Å². The lowest BCUT2D eigenvalue weighted by atomic mass is 9.92. The van der Waals surface area contributed by atoms with Crippen LogP contribution in [-0.4, -0.2) is 23.1 Å². The molecule has 2 aromatic rings. The van der Waals surface area contributed by atoms with E-state index in [-0.39, 0.29) is 16.9 Å². The Morgan fingerprint density at radius 2 is 1.39 bits per heavy atom. The van der Waals surface area contributed by atoms with Crippen LogP contribution in [0.4, 0.5) is 0 Å². The van der Waals surface area contributed by atoms with E-state index in [4.69, 9.17) is 11.6 Å². The van der Waals surface area contributed by atoms with Crippen LogP contribution in [-0.2, 0) is 9.59 Å². The van der Waals surface area contributed by atoms with Crippen molar-refractivity contribution >= 4 is 46.3 Å². The number of halogens is 1. The first-order chi connectivity index (χ1) is 10.9. The second-order valence-corrected chi connectivity index (χ2v) is 6.16. The minimum atomic E-state index is -1.15. The molecular weight excluding hydrogens is 332 g/mol. The number of thioether (sulfide) groups is 1. The van der Waals surface area contributed by atoms with Gasteiger partial charge in [0, 0.05) is 15.5 Å². The van der Waals surface area contributed by atoms with E-state index in [9.17, 15) is 14.7 Å². The van der Waals surface area contributed by atoms with E-state index in [2.05, 4.69) is 0 Å². The Balaban J connectivity index is 2.69. The second-order valence-electron chi connectivity index (χ2n) is 4.85. The van der Waals surface area contributed by atoms with Crippen molar-refractivity contribution in [3.63, 3.8) is 0 Å². The largest absolute Gasteiger partial charge is 0.478 e. The molecule has 3 nitrogen and oxygen atoms in total. The monoisotopic (exact) mass is 346 g/mol. The first kappa shape index (κ1) is 17.3. The topological polar surface area (TPSA) is 54.4 Å². The molecule has 0 fully saturated rings. The van der Waals surface area contributed by atoms with Crippen molar-refractivity contribution in [3.8, 4) is 0 Å². The zero-order valence-corrected chi connectivity index (χ0v) is 14.2. The Morgan fingerprint density at radius 3 is 1.83 bits per heavy atom. The Labute approximate surface area is 144 Å². The normalized spacial score (nSPS) is 11.8. The van der Waals surface area contributed by atoms with E-state index in [1.807, 2.05) is 18.4 Å². The Kier molecular flexibility index (Phi) is 5.64. The maximum atomic E-state index is 12.1. The fourth-order valence-electron chi connectivity index (χ4n) is 2.27. The summed E-state index contributed by atoms with van der Waals surface area (Å²) in [4.78, 5) is 25.0. The van der Waals surface area contributed by atoms with Crippen LogP contribution in [0.3, 0.4) is 0 Å². The number of carbonyl (C=O) groups is 2. The molecule has 0 bridgehead atoms. The molecule has 0 saturated carbocycles. The molecule has 0 aliphatic rings. The number of ketones is 1. The summed E-state index contributed by atoms with van der Waals surface area (Å²) in [5.74, 6) is -1.44. The fraction of sp³-hybridized carbons (Fsp3) is 0.111. The molecule has 0 saturated heterocycles. The second kappa shape index (κ2) is 7.49. The first-order valence-electron chi connectivity index (χ1n) is 6.83. The molecule has 5 heteroatoms. The van der Waals surface area contributed by atoms with Gasteiger partial charge in [0.15, 0.2) is 5.78 Å². The van der Waals surface area contributed by atoms with Gasteiger partial charge < -0.3 is 5.11 Å². The van der Waals surface area contributed by atoms with Gasteiger partial charge in [-0.15, -0.1) is 11.8 Å². The molecule has 2 aromatic carbocycles. The van der Waals surface area contributed by atoms with E-state index in [0.29, 0.717) is 16.1 Å². The summed E-state index contributed by atoms with van der Waals surface area (Å²) < 4.78 is 0. The summed E-state index contributed by atoms with van der Waals surface area (Å²) in [6, 6.07) is 13.7. The third-order valence-electron chi connectivity index (χ3n) is 3.33. The highest BCUT2D eigenvalue weighted by Crippen LogP contribution is 2.29. The van der Waals surface area contributed by atoms with E-state index in [1.165, 1.54) is 6.92 Å². The Hall–Kier alpha value is -2.04. The molecule has 23 heavy (non-hydrogen) atoms. The summed E-state index contributed by atoms with van der Waals surface area (Å²) in [6.07, 6.45) is 1.95. The van der Waals surface area contributed by atoms with Gasteiger partial charge in [-0.05, 0) is 48.6 Å². The predicted octanol–water partition coefficient (Wildman–Crippen LogP) is 4.65. The number of carboxylic acid groups (broad SMARTS) is 1. The summed E-state index contributed by atoms with van der Waals surface area (Å²) in [5, 5.41) is 10.1. The lowest BCUT2D eigenvalue weighted by Crippen LogP contribution is -2.08. The van der Waals surface area contributed by atoms with Crippen LogP contribution in [0, 0.1) is 0 Å². The zero-order chi connectivity index (χ0) is 17.0. The van der Waals surface area contributed by atoms with E-state index in [1.54, 1.807) is 48.2 Å². The van der Waals surface area contributed by atoms with Crippen molar-refractivity contribution in [2.75, 3.05) is 6.26 Å². The Morgan fingerprint density at radius 1 is 0.913 bits per heavy atom. The van der Waals surface area contributed by atoms with Crippen LogP contribution >= 0.6 is 23.4 Å². The van der Waals surface area contributed by atoms with E-state index < -0.39 is 5.97 Å². The van der Waals surface area contributed by atoms with Crippen LogP contribution < -0.4 is 0 Å². The van der Waals surface area contributed by atoms with Crippen LogP contribution in [0.15, 0.2) is 53.4 Å². The van der Waals surface area contributed by atoms with Gasteiger partial charge in [0.1, 0.15) is 0 Å². The molecule has 0 aromatic heterocycles. The standard InChI is InChI=1S/C18H15ClO3S/c1-11(20)16(12-5-9-15(23-2)10-6-12)17(18(21)22)13-3-7-14(19)8-4-13/h3-10H,1-2H3,(H,21,22)/b17-16+. The summed E-state index contributed by atoms with van der Waals surface area (Å²) in [5.41, 5.74) is 1.20. The van der Waals surface area contributed by atoms with Crippen molar-refractivity contribution in [1.29, 1.82) is 0 Å². The van der Waals surface area contributed by atoms with Gasteiger partial charge in [0.2, 0.25) is 0 Å². The molecule has 2 rings (SSSR count). The lowest BCUT2D eigenvalue weighted by molar-refractivity contribution is -0.130. The number of allylic oxidation sites excluding steroid dienone is 1. The molecule has 0 unspecified atom stereocenters. The maximum absolute atomic E-state index is 12.1. The van der Waals surface area contributed by atoms with Crippen molar-refractivity contribution in [3.05, 3.63) is 64.7 Å². The number of carboxylic acids is 1. The van der Waals surface area contributed by atoms with Crippen LogP contribution in [0.2, 0.25) is 5.02 Å². The molecule has 0 spiro atoms. The molecule has 0 aliphatic carbocycles. The minimum Gasteiger partial charge on any atom is -0.478 e. The van der Waals surface area contributed by atoms with Crippen LogP contribution in [0.1, 0.15) is 18.1 Å². The molecule has 1 N–H and O–H groups in total. The maximum Gasteiger partial charge on any atom is 0.337 e. The summed E-state index contributed by atoms with van der Waals surface area (Å²) in [6.45, 7) is 1.37. The first-order valence-corrected chi connectivity index (χ1v) is 8.43. The highest BCUT2D eigenvalue weighted by Gasteiger charge is 2.21. The highest BCUT2D eigenvalue weighted by atomic mass is 35.5. The molecular formula is C18H15ClO3S. The molecule has 0 amide bonds. The third-order valence-corrected chi connectivity index (χ3v) is 4.32. The van der Waals surface area contributed by atoms with Gasteiger partial charge in [-0.3, -0.25) is 4.79 Å². The minimum absolute atomic E-state index is 0.0222. The SMILES string of the molecule is CSc1ccc(/C(C(C)=O)=C(/C(=O)O)c2ccc(Cl)cc2)cc1. The average Bonchev–Trinajstić information content (AvgIpc) is 2.53. The fourth-order valence-corrected chi connectivity index (χ4v) is 2.81. The van der Waals surface area contributed by atoms with Gasteiger partial charge >= 0.3 is 5.97 Å². The number of benzene rings is 2. The van der Waals surface area contributed by atoms with Gasteiger partial charge in [-0.1, -0.05) is 35.9 Å². The van der Waals surface area contributed by atoms with Crippen LogP contribution in [0.25, 0.3) is 11.1 Å². The third kappa shape index (κ3) is 4.03. The number of rotatable bonds is 5. The quantitative estimate of drug-likeness (QED) is 0.486. The molecule has 0 aliphatic heterocycles. The zero-order valence-electron chi connectivity index (χ0n) is 12.7. The van der Waals surface area contributed by atoms with Gasteiger partial charge in [0.25, 0.3) is 0 Å². The van der Waals surface area contributed by atoms with Gasteiger partial charge in [-0.2, -0.15) is 0 Å². The molecule has 118 valence electrons. The Bertz CT molecular complexity index is 762. The highest BCUT2D eigenvalue weighted by molar-refractivity contribution is 7.98. The average molecular weight is 347 g/mol. The van der Waals surface area contributed by atoms with Crippen molar-refractivity contribution < 1.29 is 14.7 Å². The van der Waals surface area contributed by atoms with Crippen LogP contribution in [0.5, 0.6) is 0 Å².